The van der Waals surface area contributed by atoms with E-state index in [-0.39, 0.29) is 41.2 Å². The summed E-state index contributed by atoms with van der Waals surface area (Å²) in [5.41, 5.74) is -0.171. The summed E-state index contributed by atoms with van der Waals surface area (Å²) in [5, 5.41) is 10.1. The second-order valence-corrected chi connectivity index (χ2v) is 7.39. The topological polar surface area (TPSA) is 59.1 Å². The van der Waals surface area contributed by atoms with Crippen molar-refractivity contribution in [1.82, 2.24) is 0 Å². The van der Waals surface area contributed by atoms with E-state index < -0.39 is 0 Å². The maximum Gasteiger partial charge on any atom is 0.309 e. The molecule has 19 heavy (non-hydrogen) atoms. The van der Waals surface area contributed by atoms with Gasteiger partial charge in [-0.3, -0.25) is 4.79 Å². The zero-order chi connectivity index (χ0) is 13.6. The Labute approximate surface area is 113 Å². The van der Waals surface area contributed by atoms with Crippen LogP contribution in [0.15, 0.2) is 0 Å². The van der Waals surface area contributed by atoms with E-state index in [0.717, 1.165) is 19.3 Å². The minimum absolute atomic E-state index is 0.00178. The molecule has 4 fully saturated rings. The number of carbonyl (C=O) groups excluding carboxylic acids is 1. The molecule has 1 spiro atoms. The molecule has 8 atom stereocenters. The van der Waals surface area contributed by atoms with E-state index in [2.05, 4.69) is 13.8 Å². The van der Waals surface area contributed by atoms with Gasteiger partial charge in [0.25, 0.3) is 0 Å². The Morgan fingerprint density at radius 2 is 2.05 bits per heavy atom. The molecule has 0 radical (unpaired) electrons. The molecule has 2 aliphatic carbocycles. The molecule has 0 amide bonds. The van der Waals surface area contributed by atoms with E-state index in [1.807, 2.05) is 6.92 Å². The first-order valence-electron chi connectivity index (χ1n) is 7.45. The Kier molecular flexibility index (Phi) is 2.14. The third kappa shape index (κ3) is 1.25. The molecule has 4 rings (SSSR count). The van der Waals surface area contributed by atoms with Crippen LogP contribution in [0.5, 0.6) is 0 Å². The molecule has 0 unspecified atom stereocenters. The summed E-state index contributed by atoms with van der Waals surface area (Å²) in [4.78, 5) is 11.8. The molecule has 0 bridgehead atoms. The smallest absolute Gasteiger partial charge is 0.309 e. The van der Waals surface area contributed by atoms with Gasteiger partial charge in [0.05, 0.1) is 12.0 Å². The van der Waals surface area contributed by atoms with Gasteiger partial charge in [-0.2, -0.15) is 0 Å². The van der Waals surface area contributed by atoms with Gasteiger partial charge in [0.1, 0.15) is 17.8 Å². The highest BCUT2D eigenvalue weighted by Gasteiger charge is 2.76. The average molecular weight is 266 g/mol. The van der Waals surface area contributed by atoms with Crippen LogP contribution in [-0.4, -0.2) is 35.0 Å². The molecule has 4 aliphatic rings. The molecule has 0 aromatic carbocycles. The van der Waals surface area contributed by atoms with Gasteiger partial charge in [-0.25, -0.2) is 0 Å². The monoisotopic (exact) mass is 266 g/mol. The molecule has 1 N–H and O–H groups in total. The summed E-state index contributed by atoms with van der Waals surface area (Å²) in [5.74, 6) is 0.699. The molecule has 106 valence electrons. The highest BCUT2D eigenvalue weighted by Crippen LogP contribution is 2.68. The van der Waals surface area contributed by atoms with Crippen LogP contribution >= 0.6 is 0 Å². The number of hydrogen-bond donors (Lipinski definition) is 1. The predicted octanol–water partition coefficient (Wildman–Crippen LogP) is 1.50. The quantitative estimate of drug-likeness (QED) is 0.533. The van der Waals surface area contributed by atoms with Gasteiger partial charge in [-0.1, -0.05) is 20.8 Å². The molecule has 4 nitrogen and oxygen atoms in total. The van der Waals surface area contributed by atoms with Crippen LogP contribution < -0.4 is 0 Å². The van der Waals surface area contributed by atoms with E-state index in [1.54, 1.807) is 0 Å². The minimum atomic E-state index is -0.353. The first-order chi connectivity index (χ1) is 8.89. The number of ether oxygens (including phenoxy) is 2. The van der Waals surface area contributed by atoms with Gasteiger partial charge in [-0.15, -0.1) is 0 Å². The predicted molar refractivity (Wildman–Crippen MR) is 67.3 cm³/mol. The van der Waals surface area contributed by atoms with Crippen molar-refractivity contribution in [2.75, 3.05) is 0 Å². The number of rotatable bonds is 0. The molecule has 2 heterocycles. The average Bonchev–Trinajstić information content (AvgIpc) is 3.01. The number of aliphatic hydroxyl groups excluding tert-OH is 1. The van der Waals surface area contributed by atoms with Crippen molar-refractivity contribution in [3.05, 3.63) is 0 Å². The fourth-order valence-corrected chi connectivity index (χ4v) is 5.11. The number of aliphatic hydroxyl groups is 1. The molecule has 2 aliphatic heterocycles. The summed E-state index contributed by atoms with van der Waals surface area (Å²) in [6.45, 7) is 6.49. The van der Waals surface area contributed by atoms with Crippen LogP contribution in [0.4, 0.5) is 0 Å². The zero-order valence-corrected chi connectivity index (χ0v) is 11.8. The molecule has 0 aromatic rings. The normalized spacial score (nSPS) is 62.8. The number of carbonyl (C=O) groups is 1. The number of epoxide rings is 1. The lowest BCUT2D eigenvalue weighted by atomic mass is 9.52. The summed E-state index contributed by atoms with van der Waals surface area (Å²) < 4.78 is 11.5. The van der Waals surface area contributed by atoms with Crippen molar-refractivity contribution in [2.45, 2.75) is 63.9 Å². The van der Waals surface area contributed by atoms with Crippen molar-refractivity contribution >= 4 is 5.97 Å². The summed E-state index contributed by atoms with van der Waals surface area (Å²) >= 11 is 0. The standard InChI is InChI=1S/C15H22O4/c1-7-4-10(16)12-15(19-12)6-11-9(5-14(7,15)3)8(2)13(17)18-11/h7-12,16H,4-6H2,1-3H3/t7-,8+,9+,10-,11+,12+,14+,15+/m0/s1. The van der Waals surface area contributed by atoms with Crippen LogP contribution in [0.1, 0.15) is 40.0 Å². The maximum absolute atomic E-state index is 11.8. The second kappa shape index (κ2) is 3.34. The third-order valence-electron chi connectivity index (χ3n) is 6.66. The Bertz CT molecular complexity index is 449. The number of fused-ring (bicyclic) bond motifs is 1. The Hall–Kier alpha value is -0.610. The Balaban J connectivity index is 1.72. The van der Waals surface area contributed by atoms with E-state index in [0.29, 0.717) is 11.8 Å². The van der Waals surface area contributed by atoms with Gasteiger partial charge in [0, 0.05) is 17.8 Å². The van der Waals surface area contributed by atoms with Gasteiger partial charge in [0.15, 0.2) is 0 Å². The van der Waals surface area contributed by atoms with Gasteiger partial charge in [-0.05, 0) is 18.8 Å². The second-order valence-electron chi connectivity index (χ2n) is 7.39. The van der Waals surface area contributed by atoms with Crippen LogP contribution in [0.3, 0.4) is 0 Å². The van der Waals surface area contributed by atoms with E-state index in [4.69, 9.17) is 9.47 Å². The molecule has 2 saturated heterocycles. The molecule has 4 heteroatoms. The van der Waals surface area contributed by atoms with Crippen LogP contribution in [-0.2, 0) is 14.3 Å². The number of hydrogen-bond acceptors (Lipinski definition) is 4. The van der Waals surface area contributed by atoms with E-state index in [9.17, 15) is 9.90 Å². The summed E-state index contributed by atoms with van der Waals surface area (Å²) in [6, 6.07) is 0. The van der Waals surface area contributed by atoms with Crippen molar-refractivity contribution < 1.29 is 19.4 Å². The van der Waals surface area contributed by atoms with Crippen molar-refractivity contribution in [2.24, 2.45) is 23.2 Å². The molecule has 2 saturated carbocycles. The fraction of sp³-hybridized carbons (Fsp3) is 0.933. The minimum Gasteiger partial charge on any atom is -0.462 e. The Morgan fingerprint density at radius 3 is 2.79 bits per heavy atom. The molecular weight excluding hydrogens is 244 g/mol. The van der Waals surface area contributed by atoms with Gasteiger partial charge < -0.3 is 14.6 Å². The Morgan fingerprint density at radius 1 is 1.32 bits per heavy atom. The van der Waals surface area contributed by atoms with Gasteiger partial charge in [0.2, 0.25) is 0 Å². The van der Waals surface area contributed by atoms with E-state index in [1.165, 1.54) is 0 Å². The van der Waals surface area contributed by atoms with Crippen LogP contribution in [0.2, 0.25) is 0 Å². The van der Waals surface area contributed by atoms with Crippen LogP contribution in [0, 0.1) is 23.2 Å². The van der Waals surface area contributed by atoms with Crippen molar-refractivity contribution in [3.8, 4) is 0 Å². The van der Waals surface area contributed by atoms with Crippen LogP contribution in [0.25, 0.3) is 0 Å². The fourth-order valence-electron chi connectivity index (χ4n) is 5.11. The lowest BCUT2D eigenvalue weighted by Gasteiger charge is -2.51. The summed E-state index contributed by atoms with van der Waals surface area (Å²) in [6.07, 6.45) is 2.17. The highest BCUT2D eigenvalue weighted by molar-refractivity contribution is 5.75. The first-order valence-corrected chi connectivity index (χ1v) is 7.45. The highest BCUT2D eigenvalue weighted by atomic mass is 16.6. The van der Waals surface area contributed by atoms with Crippen molar-refractivity contribution in [3.63, 3.8) is 0 Å². The van der Waals surface area contributed by atoms with E-state index >= 15 is 0 Å². The third-order valence-corrected chi connectivity index (χ3v) is 6.66. The molecular formula is C15H22O4. The zero-order valence-electron chi connectivity index (χ0n) is 11.8. The maximum atomic E-state index is 11.8. The largest absolute Gasteiger partial charge is 0.462 e. The lowest BCUT2D eigenvalue weighted by molar-refractivity contribution is -0.146. The summed E-state index contributed by atoms with van der Waals surface area (Å²) in [7, 11) is 0. The number of esters is 1. The molecule has 0 aromatic heterocycles. The van der Waals surface area contributed by atoms with Crippen molar-refractivity contribution in [1.29, 1.82) is 0 Å². The SMILES string of the molecule is C[C@H]1C(=O)O[C@@H]2C[C@@]34O[C@@H]3[C@@H](O)C[C@H](C)[C@@]4(C)C[C@@H]21. The van der Waals surface area contributed by atoms with Gasteiger partial charge >= 0.3 is 5.97 Å². The lowest BCUT2D eigenvalue weighted by Crippen LogP contribution is -2.56. The first kappa shape index (κ1) is 12.2.